The first kappa shape index (κ1) is 11.4. The van der Waals surface area contributed by atoms with E-state index in [1.165, 1.54) is 6.07 Å². The molecule has 1 aromatic carbocycles. The molecule has 3 heteroatoms. The molecular weight excluding hydrogens is 205 g/mol. The van der Waals surface area contributed by atoms with Crippen molar-refractivity contribution in [2.45, 2.75) is 25.7 Å². The zero-order valence-electron chi connectivity index (χ0n) is 9.85. The summed E-state index contributed by atoms with van der Waals surface area (Å²) >= 11 is 0. The van der Waals surface area contributed by atoms with Gasteiger partial charge in [-0.05, 0) is 42.5 Å². The highest BCUT2D eigenvalue weighted by Gasteiger charge is 2.21. The zero-order valence-corrected chi connectivity index (χ0v) is 9.85. The molecule has 1 aliphatic heterocycles. The number of nitrogens with one attached hydrogen (secondary N) is 1. The Morgan fingerprint density at radius 2 is 2.31 bits per heavy atom. The van der Waals surface area contributed by atoms with Crippen LogP contribution in [0.5, 0.6) is 5.75 Å². The molecule has 16 heavy (non-hydrogen) atoms. The van der Waals surface area contributed by atoms with Crippen LogP contribution < -0.4 is 10.1 Å². The van der Waals surface area contributed by atoms with Crippen LogP contribution in [-0.2, 0) is 6.42 Å². The van der Waals surface area contributed by atoms with Gasteiger partial charge in [-0.1, -0.05) is 6.92 Å². The highest BCUT2D eigenvalue weighted by Crippen LogP contribution is 2.32. The van der Waals surface area contributed by atoms with Crippen LogP contribution in [0.2, 0.25) is 0 Å². The summed E-state index contributed by atoms with van der Waals surface area (Å²) in [5.41, 5.74) is 2.27. The van der Waals surface area contributed by atoms with E-state index >= 15 is 0 Å². The van der Waals surface area contributed by atoms with Gasteiger partial charge in [-0.3, -0.25) is 0 Å². The first-order chi connectivity index (χ1) is 7.76. The quantitative estimate of drug-likeness (QED) is 0.850. The van der Waals surface area contributed by atoms with Crippen LogP contribution in [0.4, 0.5) is 4.39 Å². The summed E-state index contributed by atoms with van der Waals surface area (Å²) in [5, 5.41) is 3.32. The monoisotopic (exact) mass is 223 g/mol. The molecule has 1 fully saturated rings. The minimum absolute atomic E-state index is 0.198. The molecule has 0 aromatic heterocycles. The molecule has 0 radical (unpaired) electrons. The van der Waals surface area contributed by atoms with E-state index in [1.807, 2.05) is 0 Å². The van der Waals surface area contributed by atoms with Crippen molar-refractivity contribution in [2.24, 2.45) is 0 Å². The van der Waals surface area contributed by atoms with E-state index in [-0.39, 0.29) is 5.82 Å². The fourth-order valence-corrected chi connectivity index (χ4v) is 2.48. The summed E-state index contributed by atoms with van der Waals surface area (Å²) in [6, 6.07) is 3.14. The van der Waals surface area contributed by atoms with Gasteiger partial charge in [0.25, 0.3) is 0 Å². The first-order valence-corrected chi connectivity index (χ1v) is 5.83. The van der Waals surface area contributed by atoms with Crippen molar-refractivity contribution < 1.29 is 9.13 Å². The lowest BCUT2D eigenvalue weighted by atomic mass is 9.91. The molecule has 0 saturated carbocycles. The smallest absolute Gasteiger partial charge is 0.127 e. The molecule has 0 bridgehead atoms. The average molecular weight is 223 g/mol. The molecule has 1 unspecified atom stereocenters. The normalized spacial score (nSPS) is 20.1. The van der Waals surface area contributed by atoms with Gasteiger partial charge in [0.05, 0.1) is 7.11 Å². The van der Waals surface area contributed by atoms with Crippen molar-refractivity contribution in [2.75, 3.05) is 20.2 Å². The number of hydrogen-bond donors (Lipinski definition) is 1. The Kier molecular flexibility index (Phi) is 3.44. The molecule has 1 atom stereocenters. The van der Waals surface area contributed by atoms with Gasteiger partial charge in [0.15, 0.2) is 0 Å². The number of halogens is 1. The van der Waals surface area contributed by atoms with Crippen LogP contribution in [0.3, 0.4) is 0 Å². The fraction of sp³-hybridized carbons (Fsp3) is 0.538. The molecule has 0 amide bonds. The summed E-state index contributed by atoms with van der Waals surface area (Å²) in [5.74, 6) is 0.917. The summed E-state index contributed by atoms with van der Waals surface area (Å²) in [6.45, 7) is 4.05. The number of hydrogen-bond acceptors (Lipinski definition) is 2. The maximum atomic E-state index is 13.5. The van der Waals surface area contributed by atoms with Crippen LogP contribution in [-0.4, -0.2) is 20.2 Å². The van der Waals surface area contributed by atoms with E-state index in [1.54, 1.807) is 13.2 Å². The minimum atomic E-state index is -0.198. The molecule has 1 heterocycles. The van der Waals surface area contributed by atoms with Gasteiger partial charge in [-0.15, -0.1) is 0 Å². The van der Waals surface area contributed by atoms with Gasteiger partial charge < -0.3 is 10.1 Å². The fourth-order valence-electron chi connectivity index (χ4n) is 2.48. The van der Waals surface area contributed by atoms with E-state index < -0.39 is 0 Å². The first-order valence-electron chi connectivity index (χ1n) is 5.83. The Bertz CT molecular complexity index is 372. The number of benzene rings is 1. The Balaban J connectivity index is 2.44. The van der Waals surface area contributed by atoms with Gasteiger partial charge in [-0.2, -0.15) is 0 Å². The van der Waals surface area contributed by atoms with E-state index in [0.717, 1.165) is 37.1 Å². The maximum Gasteiger partial charge on any atom is 0.127 e. The number of rotatable bonds is 3. The van der Waals surface area contributed by atoms with Crippen molar-refractivity contribution in [1.29, 1.82) is 0 Å². The van der Waals surface area contributed by atoms with Crippen LogP contribution in [0, 0.1) is 5.82 Å². The van der Waals surface area contributed by atoms with Crippen LogP contribution in [0.15, 0.2) is 12.1 Å². The Labute approximate surface area is 95.8 Å². The predicted octanol–water partition coefficient (Wildman–Crippen LogP) is 2.47. The molecule has 2 nitrogen and oxygen atoms in total. The number of methoxy groups -OCH3 is 1. The van der Waals surface area contributed by atoms with Crippen LogP contribution >= 0.6 is 0 Å². The lowest BCUT2D eigenvalue weighted by molar-refractivity contribution is 0.405. The van der Waals surface area contributed by atoms with Crippen molar-refractivity contribution in [1.82, 2.24) is 5.32 Å². The second kappa shape index (κ2) is 4.83. The number of ether oxygens (including phenoxy) is 1. The highest BCUT2D eigenvalue weighted by atomic mass is 19.1. The van der Waals surface area contributed by atoms with Crippen LogP contribution in [0.25, 0.3) is 0 Å². The Morgan fingerprint density at radius 1 is 1.50 bits per heavy atom. The van der Waals surface area contributed by atoms with E-state index in [9.17, 15) is 4.39 Å². The lowest BCUT2D eigenvalue weighted by Crippen LogP contribution is -2.10. The molecule has 0 aliphatic carbocycles. The second-order valence-electron chi connectivity index (χ2n) is 4.22. The van der Waals surface area contributed by atoms with Crippen LogP contribution in [0.1, 0.15) is 30.4 Å². The molecule has 1 aromatic rings. The average Bonchev–Trinajstić information content (AvgIpc) is 2.81. The maximum absolute atomic E-state index is 13.5. The minimum Gasteiger partial charge on any atom is -0.496 e. The van der Waals surface area contributed by atoms with Gasteiger partial charge in [-0.25, -0.2) is 4.39 Å². The standard InChI is InChI=1S/C13H18FNO/c1-3-11-12(9-4-5-15-8-9)6-10(14)7-13(11)16-2/h6-7,9,15H,3-5,8H2,1-2H3. The molecule has 2 rings (SSSR count). The lowest BCUT2D eigenvalue weighted by Gasteiger charge is -2.17. The van der Waals surface area contributed by atoms with Crippen molar-refractivity contribution in [3.05, 3.63) is 29.1 Å². The van der Waals surface area contributed by atoms with Crippen molar-refractivity contribution >= 4 is 0 Å². The summed E-state index contributed by atoms with van der Waals surface area (Å²) in [7, 11) is 1.60. The van der Waals surface area contributed by atoms with Crippen molar-refractivity contribution in [3.63, 3.8) is 0 Å². The third-order valence-corrected chi connectivity index (χ3v) is 3.28. The second-order valence-corrected chi connectivity index (χ2v) is 4.22. The van der Waals surface area contributed by atoms with Crippen molar-refractivity contribution in [3.8, 4) is 5.75 Å². The summed E-state index contributed by atoms with van der Waals surface area (Å²) < 4.78 is 18.7. The molecule has 0 spiro atoms. The Hall–Kier alpha value is -1.09. The third kappa shape index (κ3) is 2.05. The SMILES string of the molecule is CCc1c(OC)cc(F)cc1C1CCNC1. The third-order valence-electron chi connectivity index (χ3n) is 3.28. The summed E-state index contributed by atoms with van der Waals surface area (Å²) in [6.07, 6.45) is 1.97. The van der Waals surface area contributed by atoms with E-state index in [0.29, 0.717) is 11.7 Å². The van der Waals surface area contributed by atoms with E-state index in [4.69, 9.17) is 4.74 Å². The highest BCUT2D eigenvalue weighted by molar-refractivity contribution is 5.43. The summed E-state index contributed by atoms with van der Waals surface area (Å²) in [4.78, 5) is 0. The van der Waals surface area contributed by atoms with Gasteiger partial charge in [0.2, 0.25) is 0 Å². The molecular formula is C13H18FNO. The van der Waals surface area contributed by atoms with Gasteiger partial charge in [0.1, 0.15) is 11.6 Å². The topological polar surface area (TPSA) is 21.3 Å². The van der Waals surface area contributed by atoms with Gasteiger partial charge in [0, 0.05) is 12.6 Å². The molecule has 1 N–H and O–H groups in total. The van der Waals surface area contributed by atoms with E-state index in [2.05, 4.69) is 12.2 Å². The Morgan fingerprint density at radius 3 is 2.88 bits per heavy atom. The van der Waals surface area contributed by atoms with Gasteiger partial charge >= 0.3 is 0 Å². The zero-order chi connectivity index (χ0) is 11.5. The molecule has 88 valence electrons. The molecule has 1 aliphatic rings. The largest absolute Gasteiger partial charge is 0.496 e. The molecule has 1 saturated heterocycles. The predicted molar refractivity (Wildman–Crippen MR) is 62.6 cm³/mol.